The average Bonchev–Trinajstić information content (AvgIpc) is 2.41. The first-order chi connectivity index (χ1) is 8.86. The van der Waals surface area contributed by atoms with Crippen molar-refractivity contribution in [2.45, 2.75) is 58.4 Å². The van der Waals surface area contributed by atoms with Crippen LogP contribution in [0.3, 0.4) is 0 Å². The highest BCUT2D eigenvalue weighted by molar-refractivity contribution is 5.33. The molecule has 1 aromatic carbocycles. The maximum atomic E-state index is 3.72. The number of unbranched alkanes of at least 4 members (excludes halogenated alkanes) is 2. The van der Waals surface area contributed by atoms with E-state index in [0.29, 0.717) is 6.04 Å². The van der Waals surface area contributed by atoms with Gasteiger partial charge in [-0.05, 0) is 42.9 Å². The van der Waals surface area contributed by atoms with Crippen LogP contribution in [0.4, 0.5) is 0 Å². The largest absolute Gasteiger partial charge is 0.310 e. The van der Waals surface area contributed by atoms with Crippen molar-refractivity contribution < 1.29 is 0 Å². The molecule has 0 saturated carbocycles. The van der Waals surface area contributed by atoms with Gasteiger partial charge in [0.1, 0.15) is 0 Å². The number of hydrogen-bond acceptors (Lipinski definition) is 1. The molecule has 0 saturated heterocycles. The van der Waals surface area contributed by atoms with Gasteiger partial charge in [0, 0.05) is 6.04 Å². The van der Waals surface area contributed by atoms with Crippen molar-refractivity contribution in [1.29, 1.82) is 0 Å². The summed E-state index contributed by atoms with van der Waals surface area (Å²) in [5, 5.41) is 3.72. The number of fused-ring (bicyclic) bond motifs is 1. The summed E-state index contributed by atoms with van der Waals surface area (Å²) in [5.74, 6) is 0.839. The lowest BCUT2D eigenvalue weighted by Crippen LogP contribution is -2.32. The van der Waals surface area contributed by atoms with Crippen LogP contribution in [0, 0.1) is 5.92 Å². The van der Waals surface area contributed by atoms with Gasteiger partial charge >= 0.3 is 0 Å². The first kappa shape index (κ1) is 13.6. The third-order valence-electron chi connectivity index (χ3n) is 4.25. The molecule has 0 fully saturated rings. The minimum Gasteiger partial charge on any atom is -0.310 e. The van der Waals surface area contributed by atoms with Crippen molar-refractivity contribution in [1.82, 2.24) is 5.32 Å². The minimum atomic E-state index is 0.594. The lowest BCUT2D eigenvalue weighted by atomic mass is 9.77. The number of hydrogen-bond donors (Lipinski definition) is 1. The van der Waals surface area contributed by atoms with E-state index in [1.807, 2.05) is 0 Å². The summed E-state index contributed by atoms with van der Waals surface area (Å²) in [6.45, 7) is 5.58. The van der Waals surface area contributed by atoms with Crippen LogP contribution in [0.25, 0.3) is 0 Å². The molecule has 2 atom stereocenters. The van der Waals surface area contributed by atoms with E-state index in [9.17, 15) is 0 Å². The zero-order valence-electron chi connectivity index (χ0n) is 11.9. The molecule has 1 aliphatic rings. The molecule has 0 radical (unpaired) electrons. The third kappa shape index (κ3) is 3.14. The second-order valence-corrected chi connectivity index (χ2v) is 5.53. The normalized spacial score (nSPS) is 22.8. The quantitative estimate of drug-likeness (QED) is 0.729. The van der Waals surface area contributed by atoms with Crippen molar-refractivity contribution in [3.63, 3.8) is 0 Å². The molecular formula is C17H27N. The summed E-state index contributed by atoms with van der Waals surface area (Å²) >= 11 is 0. The molecule has 1 nitrogen and oxygen atoms in total. The molecular weight excluding hydrogens is 218 g/mol. The van der Waals surface area contributed by atoms with Crippen molar-refractivity contribution in [3.8, 4) is 0 Å². The maximum absolute atomic E-state index is 3.72. The molecule has 2 rings (SSSR count). The van der Waals surface area contributed by atoms with E-state index in [0.717, 1.165) is 12.5 Å². The fourth-order valence-corrected chi connectivity index (χ4v) is 3.29. The Labute approximate surface area is 112 Å². The van der Waals surface area contributed by atoms with E-state index in [1.165, 1.54) is 38.5 Å². The van der Waals surface area contributed by atoms with Crippen LogP contribution in [0.2, 0.25) is 0 Å². The molecule has 0 aromatic heterocycles. The molecule has 0 bridgehead atoms. The SMILES string of the molecule is CCCCCC1CCc2ccccc2C1NCC. The van der Waals surface area contributed by atoms with Gasteiger partial charge in [-0.15, -0.1) is 0 Å². The monoisotopic (exact) mass is 245 g/mol. The Morgan fingerprint density at radius 3 is 2.78 bits per heavy atom. The topological polar surface area (TPSA) is 12.0 Å². The van der Waals surface area contributed by atoms with Crippen LogP contribution in [0.15, 0.2) is 24.3 Å². The van der Waals surface area contributed by atoms with Crippen molar-refractivity contribution in [2.75, 3.05) is 6.54 Å². The molecule has 100 valence electrons. The molecule has 2 unspecified atom stereocenters. The predicted octanol–water partition coefficient (Wildman–Crippen LogP) is 4.48. The summed E-state index contributed by atoms with van der Waals surface area (Å²) in [4.78, 5) is 0. The van der Waals surface area contributed by atoms with Gasteiger partial charge in [0.05, 0.1) is 0 Å². The third-order valence-corrected chi connectivity index (χ3v) is 4.25. The van der Waals surface area contributed by atoms with E-state index in [4.69, 9.17) is 0 Å². The number of nitrogens with one attached hydrogen (secondary N) is 1. The fourth-order valence-electron chi connectivity index (χ4n) is 3.29. The molecule has 1 aromatic rings. The van der Waals surface area contributed by atoms with E-state index in [2.05, 4.69) is 43.4 Å². The molecule has 18 heavy (non-hydrogen) atoms. The molecule has 0 aliphatic heterocycles. The maximum Gasteiger partial charge on any atom is 0.0351 e. The summed E-state index contributed by atoms with van der Waals surface area (Å²) in [5.41, 5.74) is 3.13. The van der Waals surface area contributed by atoms with Crippen LogP contribution in [-0.4, -0.2) is 6.54 Å². The lowest BCUT2D eigenvalue weighted by Gasteiger charge is -2.34. The summed E-state index contributed by atoms with van der Waals surface area (Å²) < 4.78 is 0. The molecule has 1 aliphatic carbocycles. The first-order valence-electron chi connectivity index (χ1n) is 7.68. The highest BCUT2D eigenvalue weighted by atomic mass is 14.9. The van der Waals surface area contributed by atoms with Gasteiger partial charge < -0.3 is 5.32 Å². The number of rotatable bonds is 6. The minimum absolute atomic E-state index is 0.594. The second-order valence-electron chi connectivity index (χ2n) is 5.53. The van der Waals surface area contributed by atoms with E-state index < -0.39 is 0 Å². The van der Waals surface area contributed by atoms with Gasteiger partial charge in [0.15, 0.2) is 0 Å². The summed E-state index contributed by atoms with van der Waals surface area (Å²) in [7, 11) is 0. The molecule has 0 amide bonds. The Bertz CT molecular complexity index is 358. The van der Waals surface area contributed by atoms with Gasteiger partial charge in [-0.25, -0.2) is 0 Å². The Morgan fingerprint density at radius 1 is 1.17 bits per heavy atom. The second kappa shape index (κ2) is 6.94. The van der Waals surface area contributed by atoms with Crippen molar-refractivity contribution in [2.24, 2.45) is 5.92 Å². The highest BCUT2D eigenvalue weighted by Crippen LogP contribution is 2.37. The highest BCUT2D eigenvalue weighted by Gasteiger charge is 2.27. The van der Waals surface area contributed by atoms with E-state index in [-0.39, 0.29) is 0 Å². The van der Waals surface area contributed by atoms with Crippen molar-refractivity contribution >= 4 is 0 Å². The summed E-state index contributed by atoms with van der Waals surface area (Å²) in [6.07, 6.45) is 8.13. The fraction of sp³-hybridized carbons (Fsp3) is 0.647. The first-order valence-corrected chi connectivity index (χ1v) is 7.68. The summed E-state index contributed by atoms with van der Waals surface area (Å²) in [6, 6.07) is 9.60. The Morgan fingerprint density at radius 2 is 2.00 bits per heavy atom. The van der Waals surface area contributed by atoms with Gasteiger partial charge in [0.2, 0.25) is 0 Å². The van der Waals surface area contributed by atoms with Crippen LogP contribution in [0.5, 0.6) is 0 Å². The van der Waals surface area contributed by atoms with Gasteiger partial charge in [-0.3, -0.25) is 0 Å². The predicted molar refractivity (Wildman–Crippen MR) is 78.8 cm³/mol. The standard InChI is InChI=1S/C17H27N/c1-3-5-6-10-15-13-12-14-9-7-8-11-16(14)17(15)18-4-2/h7-9,11,15,17-18H,3-6,10,12-13H2,1-2H3. The van der Waals surface area contributed by atoms with Gasteiger partial charge in [-0.1, -0.05) is 57.4 Å². The molecule has 0 spiro atoms. The van der Waals surface area contributed by atoms with E-state index >= 15 is 0 Å². The smallest absolute Gasteiger partial charge is 0.0351 e. The zero-order valence-corrected chi connectivity index (χ0v) is 11.9. The number of aryl methyl sites for hydroxylation is 1. The molecule has 1 N–H and O–H groups in total. The average molecular weight is 245 g/mol. The Hall–Kier alpha value is -0.820. The zero-order chi connectivity index (χ0) is 12.8. The van der Waals surface area contributed by atoms with Crippen LogP contribution in [0.1, 0.15) is 63.1 Å². The van der Waals surface area contributed by atoms with Gasteiger partial charge in [-0.2, -0.15) is 0 Å². The molecule has 1 heteroatoms. The number of benzene rings is 1. The van der Waals surface area contributed by atoms with Crippen LogP contribution >= 0.6 is 0 Å². The Balaban J connectivity index is 2.08. The lowest BCUT2D eigenvalue weighted by molar-refractivity contribution is 0.298. The van der Waals surface area contributed by atoms with Crippen LogP contribution in [-0.2, 0) is 6.42 Å². The van der Waals surface area contributed by atoms with Crippen molar-refractivity contribution in [3.05, 3.63) is 35.4 Å². The Kier molecular flexibility index (Phi) is 5.25. The van der Waals surface area contributed by atoms with E-state index in [1.54, 1.807) is 11.1 Å². The molecule has 0 heterocycles. The van der Waals surface area contributed by atoms with Gasteiger partial charge in [0.25, 0.3) is 0 Å². The van der Waals surface area contributed by atoms with Crippen LogP contribution < -0.4 is 5.32 Å².